The van der Waals surface area contributed by atoms with Gasteiger partial charge in [-0.25, -0.2) is 8.78 Å². The van der Waals surface area contributed by atoms with Gasteiger partial charge in [0.2, 0.25) is 0 Å². The van der Waals surface area contributed by atoms with Crippen LogP contribution in [0, 0.1) is 11.6 Å². The third kappa shape index (κ3) is 7.28. The monoisotopic (exact) mass is 388 g/mol. The van der Waals surface area contributed by atoms with Gasteiger partial charge >= 0.3 is 0 Å². The fourth-order valence-corrected chi connectivity index (χ4v) is 3.38. The Kier molecular flexibility index (Phi) is 8.36. The Hall–Kier alpha value is -1.86. The maximum atomic E-state index is 12.9. The molecule has 0 aliphatic carbocycles. The molecule has 2 aromatic carbocycles. The van der Waals surface area contributed by atoms with Gasteiger partial charge in [-0.1, -0.05) is 24.3 Å². The van der Waals surface area contributed by atoms with Crippen LogP contribution in [0.5, 0.6) is 0 Å². The molecule has 28 heavy (non-hydrogen) atoms. The first kappa shape index (κ1) is 20.9. The number of nitrogens with zero attached hydrogens (tertiary/aromatic N) is 2. The molecule has 0 spiro atoms. The van der Waals surface area contributed by atoms with E-state index in [0.717, 1.165) is 76.6 Å². The molecule has 2 N–H and O–H groups in total. The van der Waals surface area contributed by atoms with E-state index >= 15 is 0 Å². The van der Waals surface area contributed by atoms with Crippen molar-refractivity contribution in [3.63, 3.8) is 0 Å². The molecule has 0 aromatic heterocycles. The molecule has 0 saturated carbocycles. The Labute approximate surface area is 166 Å². The minimum absolute atomic E-state index is 0.188. The number of benzene rings is 2. The van der Waals surface area contributed by atoms with Gasteiger partial charge in [-0.2, -0.15) is 0 Å². The Morgan fingerprint density at radius 2 is 0.964 bits per heavy atom. The molecular weight excluding hydrogens is 358 g/mol. The summed E-state index contributed by atoms with van der Waals surface area (Å²) in [6, 6.07) is 13.3. The van der Waals surface area contributed by atoms with Crippen LogP contribution in [0.25, 0.3) is 0 Å². The number of hydrogen-bond acceptors (Lipinski definition) is 4. The average Bonchev–Trinajstić information content (AvgIpc) is 2.72. The molecule has 152 valence electrons. The van der Waals surface area contributed by atoms with E-state index in [1.807, 2.05) is 24.3 Å². The molecule has 1 fully saturated rings. The molecule has 1 aliphatic heterocycles. The van der Waals surface area contributed by atoms with E-state index in [0.29, 0.717) is 0 Å². The maximum Gasteiger partial charge on any atom is 0.123 e. The molecule has 0 amide bonds. The van der Waals surface area contributed by atoms with Crippen molar-refractivity contribution in [3.05, 3.63) is 71.3 Å². The highest BCUT2D eigenvalue weighted by Gasteiger charge is 2.15. The number of piperazine rings is 1. The number of halogens is 2. The molecule has 0 atom stereocenters. The first-order valence-electron chi connectivity index (χ1n) is 10.0. The average molecular weight is 389 g/mol. The fraction of sp³-hybridized carbons (Fsp3) is 0.455. The summed E-state index contributed by atoms with van der Waals surface area (Å²) in [5.74, 6) is -0.375. The summed E-state index contributed by atoms with van der Waals surface area (Å²) in [5.41, 5.74) is 2.22. The van der Waals surface area contributed by atoms with Gasteiger partial charge in [-0.15, -0.1) is 0 Å². The quantitative estimate of drug-likeness (QED) is 0.612. The van der Waals surface area contributed by atoms with Crippen LogP contribution in [0.15, 0.2) is 48.5 Å². The van der Waals surface area contributed by atoms with Gasteiger partial charge in [0.05, 0.1) is 0 Å². The highest BCUT2D eigenvalue weighted by molar-refractivity contribution is 5.16. The largest absolute Gasteiger partial charge is 0.311 e. The second kappa shape index (κ2) is 11.2. The lowest BCUT2D eigenvalue weighted by Gasteiger charge is -2.34. The molecule has 0 radical (unpaired) electrons. The molecule has 1 saturated heterocycles. The van der Waals surface area contributed by atoms with Crippen LogP contribution in [-0.4, -0.2) is 62.2 Å². The summed E-state index contributed by atoms with van der Waals surface area (Å²) in [4.78, 5) is 4.97. The Balaban J connectivity index is 1.21. The second-order valence-electron chi connectivity index (χ2n) is 7.29. The lowest BCUT2D eigenvalue weighted by atomic mass is 10.2. The summed E-state index contributed by atoms with van der Waals surface area (Å²) in [7, 11) is 0. The predicted molar refractivity (Wildman–Crippen MR) is 109 cm³/mol. The second-order valence-corrected chi connectivity index (χ2v) is 7.29. The Bertz CT molecular complexity index is 621. The molecule has 2 aromatic rings. The van der Waals surface area contributed by atoms with E-state index in [-0.39, 0.29) is 11.6 Å². The van der Waals surface area contributed by atoms with Crippen LogP contribution in [0.2, 0.25) is 0 Å². The molecule has 6 heteroatoms. The summed E-state index contributed by atoms with van der Waals surface area (Å²) in [6.45, 7) is 9.89. The van der Waals surface area contributed by atoms with E-state index in [1.54, 1.807) is 0 Å². The van der Waals surface area contributed by atoms with Crippen molar-refractivity contribution in [2.24, 2.45) is 0 Å². The van der Waals surface area contributed by atoms with E-state index in [4.69, 9.17) is 0 Å². The molecule has 3 rings (SSSR count). The minimum Gasteiger partial charge on any atom is -0.311 e. The van der Waals surface area contributed by atoms with Crippen molar-refractivity contribution < 1.29 is 8.78 Å². The molecule has 0 bridgehead atoms. The van der Waals surface area contributed by atoms with Crippen molar-refractivity contribution in [1.82, 2.24) is 20.4 Å². The zero-order valence-electron chi connectivity index (χ0n) is 16.3. The van der Waals surface area contributed by atoms with Crippen molar-refractivity contribution >= 4 is 0 Å². The molecule has 4 nitrogen and oxygen atoms in total. The van der Waals surface area contributed by atoms with E-state index in [1.165, 1.54) is 24.3 Å². The predicted octanol–water partition coefficient (Wildman–Crippen LogP) is 2.46. The molecule has 1 aliphatic rings. The number of hydrogen-bond donors (Lipinski definition) is 2. The zero-order chi connectivity index (χ0) is 19.6. The van der Waals surface area contributed by atoms with Crippen LogP contribution in [0.4, 0.5) is 8.78 Å². The molecule has 0 unspecified atom stereocenters. The zero-order valence-corrected chi connectivity index (χ0v) is 16.3. The topological polar surface area (TPSA) is 30.5 Å². The van der Waals surface area contributed by atoms with Gasteiger partial charge in [0.25, 0.3) is 0 Å². The van der Waals surface area contributed by atoms with Crippen molar-refractivity contribution in [2.45, 2.75) is 13.1 Å². The van der Waals surface area contributed by atoms with Crippen LogP contribution < -0.4 is 10.6 Å². The van der Waals surface area contributed by atoms with Gasteiger partial charge in [-0.05, 0) is 35.4 Å². The lowest BCUT2D eigenvalue weighted by molar-refractivity contribution is 0.133. The third-order valence-electron chi connectivity index (χ3n) is 5.16. The standard InChI is InChI=1S/C22H30F2N4/c23-21-5-1-19(2-6-21)17-25-9-11-27-13-15-28(16-14-27)12-10-26-18-20-3-7-22(24)8-4-20/h1-8,25-26H,9-18H2. The lowest BCUT2D eigenvalue weighted by Crippen LogP contribution is -2.49. The molecular formula is C22H30F2N4. The first-order chi connectivity index (χ1) is 13.7. The fourth-order valence-electron chi connectivity index (χ4n) is 3.38. The van der Waals surface area contributed by atoms with Gasteiger partial charge < -0.3 is 10.6 Å². The van der Waals surface area contributed by atoms with Crippen LogP contribution in [0.1, 0.15) is 11.1 Å². The first-order valence-corrected chi connectivity index (χ1v) is 10.0. The van der Waals surface area contributed by atoms with Crippen LogP contribution in [0.3, 0.4) is 0 Å². The summed E-state index contributed by atoms with van der Waals surface area (Å²) in [6.07, 6.45) is 0. The highest BCUT2D eigenvalue weighted by atomic mass is 19.1. The van der Waals surface area contributed by atoms with Crippen molar-refractivity contribution in [1.29, 1.82) is 0 Å². The SMILES string of the molecule is Fc1ccc(CNCCN2CCN(CCNCc3ccc(F)cc3)CC2)cc1. The van der Waals surface area contributed by atoms with Gasteiger partial charge in [0.15, 0.2) is 0 Å². The summed E-state index contributed by atoms with van der Waals surface area (Å²) >= 11 is 0. The molecule has 1 heterocycles. The number of rotatable bonds is 10. The maximum absolute atomic E-state index is 12.9. The van der Waals surface area contributed by atoms with E-state index in [2.05, 4.69) is 20.4 Å². The number of nitrogens with one attached hydrogen (secondary N) is 2. The van der Waals surface area contributed by atoms with Gasteiger partial charge in [0.1, 0.15) is 11.6 Å². The Morgan fingerprint density at radius 3 is 1.32 bits per heavy atom. The summed E-state index contributed by atoms with van der Waals surface area (Å²) < 4.78 is 25.8. The van der Waals surface area contributed by atoms with Crippen LogP contribution >= 0.6 is 0 Å². The van der Waals surface area contributed by atoms with Crippen molar-refractivity contribution in [3.8, 4) is 0 Å². The smallest absolute Gasteiger partial charge is 0.123 e. The highest BCUT2D eigenvalue weighted by Crippen LogP contribution is 2.04. The minimum atomic E-state index is -0.188. The van der Waals surface area contributed by atoms with E-state index < -0.39 is 0 Å². The van der Waals surface area contributed by atoms with Crippen molar-refractivity contribution in [2.75, 3.05) is 52.4 Å². The Morgan fingerprint density at radius 1 is 0.607 bits per heavy atom. The third-order valence-corrected chi connectivity index (χ3v) is 5.16. The van der Waals surface area contributed by atoms with Gasteiger partial charge in [-0.3, -0.25) is 9.80 Å². The van der Waals surface area contributed by atoms with Gasteiger partial charge in [0, 0.05) is 65.4 Å². The van der Waals surface area contributed by atoms with E-state index in [9.17, 15) is 8.78 Å². The normalized spacial score (nSPS) is 15.8. The van der Waals surface area contributed by atoms with Crippen LogP contribution in [-0.2, 0) is 13.1 Å². The summed E-state index contributed by atoms with van der Waals surface area (Å²) in [5, 5.41) is 6.86.